The molecule has 2 aliphatic rings. The molecule has 1 aromatic heterocycles. The molecule has 3 rings (SSSR count). The second-order valence-corrected chi connectivity index (χ2v) is 6.44. The van der Waals surface area contributed by atoms with E-state index in [0.29, 0.717) is 30.5 Å². The molecule has 0 unspecified atom stereocenters. The van der Waals surface area contributed by atoms with Crippen molar-refractivity contribution in [3.05, 3.63) is 11.7 Å². The lowest BCUT2D eigenvalue weighted by atomic mass is 9.77. The van der Waals surface area contributed by atoms with Crippen molar-refractivity contribution in [3.63, 3.8) is 0 Å². The highest BCUT2D eigenvalue weighted by molar-refractivity contribution is 6.06. The largest absolute Gasteiger partial charge is 0.337 e. The monoisotopic (exact) mass is 306 g/mol. The van der Waals surface area contributed by atoms with Crippen LogP contribution < -0.4 is 5.32 Å². The number of hydrogen-bond donors (Lipinski definition) is 1. The number of carbonyl (C=O) groups is 2. The van der Waals surface area contributed by atoms with Crippen LogP contribution in [0, 0.1) is 5.92 Å². The maximum atomic E-state index is 12.7. The third-order valence-electron chi connectivity index (χ3n) is 4.65. The van der Waals surface area contributed by atoms with Gasteiger partial charge < -0.3 is 9.84 Å². The van der Waals surface area contributed by atoms with E-state index in [9.17, 15) is 9.59 Å². The SMILES string of the molecule is CCCc1noc(CN2C(=O)NC3(CCC(C)CC3)C2=O)n1. The van der Waals surface area contributed by atoms with Gasteiger partial charge in [0.2, 0.25) is 5.89 Å². The van der Waals surface area contributed by atoms with Crippen LogP contribution in [-0.2, 0) is 17.8 Å². The molecule has 7 nitrogen and oxygen atoms in total. The molecule has 1 saturated carbocycles. The van der Waals surface area contributed by atoms with Crippen molar-refractivity contribution in [1.29, 1.82) is 0 Å². The lowest BCUT2D eigenvalue weighted by Gasteiger charge is -2.33. The topological polar surface area (TPSA) is 88.3 Å². The number of hydrogen-bond acceptors (Lipinski definition) is 5. The Morgan fingerprint density at radius 3 is 2.77 bits per heavy atom. The Balaban J connectivity index is 1.71. The number of urea groups is 1. The van der Waals surface area contributed by atoms with Crippen LogP contribution >= 0.6 is 0 Å². The smallest absolute Gasteiger partial charge is 0.325 e. The Morgan fingerprint density at radius 1 is 1.36 bits per heavy atom. The molecule has 22 heavy (non-hydrogen) atoms. The van der Waals surface area contributed by atoms with Crippen LogP contribution in [0.2, 0.25) is 0 Å². The van der Waals surface area contributed by atoms with Crippen molar-refractivity contribution < 1.29 is 14.1 Å². The van der Waals surface area contributed by atoms with Crippen molar-refractivity contribution in [2.45, 2.75) is 64.5 Å². The van der Waals surface area contributed by atoms with Gasteiger partial charge in [0.25, 0.3) is 5.91 Å². The molecule has 120 valence electrons. The van der Waals surface area contributed by atoms with Crippen LogP contribution in [0.15, 0.2) is 4.52 Å². The molecule has 1 N–H and O–H groups in total. The molecule has 1 saturated heterocycles. The van der Waals surface area contributed by atoms with Crippen molar-refractivity contribution in [2.75, 3.05) is 0 Å². The van der Waals surface area contributed by atoms with E-state index in [4.69, 9.17) is 4.52 Å². The molecule has 1 aliphatic heterocycles. The van der Waals surface area contributed by atoms with E-state index in [1.54, 1.807) is 0 Å². The van der Waals surface area contributed by atoms with E-state index in [2.05, 4.69) is 22.4 Å². The molecule has 2 heterocycles. The summed E-state index contributed by atoms with van der Waals surface area (Å²) in [5, 5.41) is 6.75. The molecule has 1 spiro atoms. The van der Waals surface area contributed by atoms with Gasteiger partial charge in [-0.15, -0.1) is 0 Å². The van der Waals surface area contributed by atoms with Gasteiger partial charge in [-0.3, -0.25) is 9.69 Å². The molecule has 3 amide bonds. The quantitative estimate of drug-likeness (QED) is 0.860. The first-order chi connectivity index (χ1) is 10.5. The van der Waals surface area contributed by atoms with E-state index in [-0.39, 0.29) is 18.5 Å². The molecule has 0 bridgehead atoms. The molecule has 0 aromatic carbocycles. The zero-order valence-corrected chi connectivity index (χ0v) is 13.1. The van der Waals surface area contributed by atoms with Crippen LogP contribution in [0.3, 0.4) is 0 Å². The minimum Gasteiger partial charge on any atom is -0.337 e. The standard InChI is InChI=1S/C15H22N4O3/c1-3-4-11-16-12(22-18-11)9-19-13(20)15(17-14(19)21)7-5-10(2)6-8-15/h10H,3-9H2,1-2H3,(H,17,21). The number of nitrogens with one attached hydrogen (secondary N) is 1. The summed E-state index contributed by atoms with van der Waals surface area (Å²) in [5.74, 6) is 1.38. The Kier molecular flexibility index (Phi) is 3.88. The van der Waals surface area contributed by atoms with E-state index in [1.807, 2.05) is 6.92 Å². The predicted octanol–water partition coefficient (Wildman–Crippen LogP) is 2.02. The van der Waals surface area contributed by atoms with Gasteiger partial charge in [-0.25, -0.2) is 4.79 Å². The van der Waals surface area contributed by atoms with E-state index >= 15 is 0 Å². The van der Waals surface area contributed by atoms with Crippen molar-refractivity contribution in [2.24, 2.45) is 5.92 Å². The third kappa shape index (κ3) is 2.60. The Morgan fingerprint density at radius 2 is 2.09 bits per heavy atom. The number of nitrogens with zero attached hydrogens (tertiary/aromatic N) is 3. The summed E-state index contributed by atoms with van der Waals surface area (Å²) in [6.07, 6.45) is 4.98. The van der Waals surface area contributed by atoms with Crippen LogP contribution in [0.1, 0.15) is 57.7 Å². The van der Waals surface area contributed by atoms with Gasteiger partial charge in [0.05, 0.1) is 0 Å². The van der Waals surface area contributed by atoms with Crippen LogP contribution in [0.5, 0.6) is 0 Å². The van der Waals surface area contributed by atoms with Gasteiger partial charge in [-0.05, 0) is 38.0 Å². The first-order valence-electron chi connectivity index (χ1n) is 7.99. The Bertz CT molecular complexity index is 575. The van der Waals surface area contributed by atoms with Gasteiger partial charge in [0.15, 0.2) is 5.82 Å². The van der Waals surface area contributed by atoms with Gasteiger partial charge >= 0.3 is 6.03 Å². The van der Waals surface area contributed by atoms with Crippen LogP contribution in [0.25, 0.3) is 0 Å². The number of carbonyl (C=O) groups excluding carboxylic acids is 2. The number of aromatic nitrogens is 2. The Hall–Kier alpha value is -1.92. The van der Waals surface area contributed by atoms with Crippen LogP contribution in [0.4, 0.5) is 4.79 Å². The minimum absolute atomic E-state index is 0.0543. The lowest BCUT2D eigenvalue weighted by molar-refractivity contribution is -0.133. The van der Waals surface area contributed by atoms with Crippen LogP contribution in [-0.4, -0.2) is 32.5 Å². The van der Waals surface area contributed by atoms with Gasteiger partial charge in [0.1, 0.15) is 12.1 Å². The van der Waals surface area contributed by atoms with Crippen molar-refractivity contribution in [3.8, 4) is 0 Å². The Labute approximate surface area is 129 Å². The molecule has 1 aromatic rings. The molecular weight excluding hydrogens is 284 g/mol. The van der Waals surface area contributed by atoms with Gasteiger partial charge in [0, 0.05) is 6.42 Å². The molecule has 1 aliphatic carbocycles. The van der Waals surface area contributed by atoms with Crippen molar-refractivity contribution >= 4 is 11.9 Å². The second kappa shape index (κ2) is 5.70. The van der Waals surface area contributed by atoms with Gasteiger partial charge in [-0.1, -0.05) is 19.0 Å². The highest BCUT2D eigenvalue weighted by Gasteiger charge is 2.52. The summed E-state index contributed by atoms with van der Waals surface area (Å²) < 4.78 is 5.13. The fourth-order valence-corrected chi connectivity index (χ4v) is 3.23. The normalized spacial score (nSPS) is 28.5. The van der Waals surface area contributed by atoms with E-state index < -0.39 is 5.54 Å². The highest BCUT2D eigenvalue weighted by Crippen LogP contribution is 2.36. The third-order valence-corrected chi connectivity index (χ3v) is 4.65. The fraction of sp³-hybridized carbons (Fsp3) is 0.733. The maximum Gasteiger partial charge on any atom is 0.325 e. The van der Waals surface area contributed by atoms with E-state index in [1.165, 1.54) is 4.90 Å². The fourth-order valence-electron chi connectivity index (χ4n) is 3.23. The second-order valence-electron chi connectivity index (χ2n) is 6.44. The summed E-state index contributed by atoms with van der Waals surface area (Å²) >= 11 is 0. The average Bonchev–Trinajstić information content (AvgIpc) is 3.02. The summed E-state index contributed by atoms with van der Waals surface area (Å²) in [5.41, 5.74) is -0.712. The minimum atomic E-state index is -0.712. The number of amides is 3. The highest BCUT2D eigenvalue weighted by atomic mass is 16.5. The molecule has 0 radical (unpaired) electrons. The maximum absolute atomic E-state index is 12.7. The summed E-state index contributed by atoms with van der Waals surface area (Å²) in [7, 11) is 0. The lowest BCUT2D eigenvalue weighted by Crippen LogP contribution is -2.49. The zero-order chi connectivity index (χ0) is 15.7. The molecule has 0 atom stereocenters. The first kappa shape index (κ1) is 15.0. The molecule has 7 heteroatoms. The van der Waals surface area contributed by atoms with Crippen molar-refractivity contribution in [1.82, 2.24) is 20.4 Å². The summed E-state index contributed by atoms with van der Waals surface area (Å²) in [4.78, 5) is 30.3. The average molecular weight is 306 g/mol. The number of imide groups is 1. The number of rotatable bonds is 4. The zero-order valence-electron chi connectivity index (χ0n) is 13.1. The molecular formula is C15H22N4O3. The number of aryl methyl sites for hydroxylation is 1. The summed E-state index contributed by atoms with van der Waals surface area (Å²) in [6, 6.07) is -0.352. The van der Waals surface area contributed by atoms with E-state index in [0.717, 1.165) is 25.7 Å². The first-order valence-corrected chi connectivity index (χ1v) is 7.99. The summed E-state index contributed by atoms with van der Waals surface area (Å²) in [6.45, 7) is 4.26. The van der Waals surface area contributed by atoms with Gasteiger partial charge in [-0.2, -0.15) is 4.98 Å². The molecule has 2 fully saturated rings. The predicted molar refractivity (Wildman–Crippen MR) is 77.7 cm³/mol.